The van der Waals surface area contributed by atoms with Crippen molar-refractivity contribution in [3.8, 4) is 6.07 Å². The van der Waals surface area contributed by atoms with E-state index >= 15 is 0 Å². The fraction of sp³-hybridized carbons (Fsp3) is 0.517. The molecule has 1 aromatic heterocycles. The number of likely N-dealkylation sites (tertiary alicyclic amines) is 1. The zero-order valence-corrected chi connectivity index (χ0v) is 24.3. The van der Waals surface area contributed by atoms with Crippen LogP contribution in [0, 0.1) is 11.3 Å². The highest BCUT2D eigenvalue weighted by Crippen LogP contribution is 2.25. The number of carbonyl (C=O) groups is 3. The van der Waals surface area contributed by atoms with Gasteiger partial charge in [0.1, 0.15) is 23.8 Å². The summed E-state index contributed by atoms with van der Waals surface area (Å²) in [6.45, 7) is 8.18. The third-order valence-corrected chi connectivity index (χ3v) is 8.10. The molecule has 2 saturated heterocycles. The molecule has 0 spiro atoms. The molecule has 4 rings (SSSR count). The predicted molar refractivity (Wildman–Crippen MR) is 155 cm³/mol. The van der Waals surface area contributed by atoms with Crippen molar-refractivity contribution < 1.29 is 33.6 Å². The summed E-state index contributed by atoms with van der Waals surface area (Å²) in [7, 11) is -1.84. The largest absolute Gasteiger partial charge is 0.475 e. The van der Waals surface area contributed by atoms with Gasteiger partial charge in [0.2, 0.25) is 5.91 Å². The van der Waals surface area contributed by atoms with Crippen molar-refractivity contribution in [2.45, 2.75) is 57.6 Å². The number of para-hydroxylation sites is 1. The lowest BCUT2D eigenvalue weighted by Crippen LogP contribution is -2.55. The maximum atomic E-state index is 13.4. The molecule has 0 bridgehead atoms. The number of fused-ring (bicyclic) bond motifs is 1. The van der Waals surface area contributed by atoms with Crippen molar-refractivity contribution >= 4 is 36.0 Å². The molecule has 3 N–H and O–H groups in total. The molecule has 42 heavy (non-hydrogen) atoms. The van der Waals surface area contributed by atoms with Crippen LogP contribution in [0.1, 0.15) is 39.2 Å². The van der Waals surface area contributed by atoms with Gasteiger partial charge in [-0.2, -0.15) is 5.26 Å². The summed E-state index contributed by atoms with van der Waals surface area (Å²) in [5.41, 5.74) is 0.782. The molecular formula is C29H38BN5O7. The molecule has 224 valence electrons. The number of amides is 3. The van der Waals surface area contributed by atoms with E-state index in [0.29, 0.717) is 56.7 Å². The van der Waals surface area contributed by atoms with Gasteiger partial charge < -0.3 is 34.3 Å². The van der Waals surface area contributed by atoms with E-state index in [4.69, 9.17) is 9.15 Å². The van der Waals surface area contributed by atoms with E-state index in [9.17, 15) is 29.7 Å². The molecule has 2 aromatic rings. The third kappa shape index (κ3) is 7.31. The van der Waals surface area contributed by atoms with E-state index in [1.807, 2.05) is 32.0 Å². The van der Waals surface area contributed by atoms with Gasteiger partial charge in [0.05, 0.1) is 18.2 Å². The average molecular weight is 579 g/mol. The van der Waals surface area contributed by atoms with Gasteiger partial charge in [-0.3, -0.25) is 14.5 Å². The van der Waals surface area contributed by atoms with Crippen LogP contribution in [-0.4, -0.2) is 107 Å². The normalized spacial score (nSPS) is 19.0. The minimum Gasteiger partial charge on any atom is -0.464 e. The van der Waals surface area contributed by atoms with E-state index in [2.05, 4.69) is 16.3 Å². The number of ether oxygens (including phenoxy) is 1. The fourth-order valence-electron chi connectivity index (χ4n) is 5.64. The molecule has 1 aromatic carbocycles. The zero-order valence-electron chi connectivity index (χ0n) is 24.3. The molecular weight excluding hydrogens is 541 g/mol. The Bertz CT molecular complexity index is 1360. The lowest BCUT2D eigenvalue weighted by atomic mass is 9.76. The summed E-state index contributed by atoms with van der Waals surface area (Å²) in [5.74, 6) is -1.44. The number of furan rings is 1. The lowest BCUT2D eigenvalue weighted by molar-refractivity contribution is -0.131. The Morgan fingerprint density at radius 2 is 1.93 bits per heavy atom. The standard InChI is InChI=1S/C29H38BN5O7/c1-20(36)33-11-13-34(14-12-33)29(2,3)16-22(17-31)27(37)35-10-6-7-23(35)19-42-28(38)32-26(30(39)40)15-21-18-41-25-9-5-4-8-24(21)25/h4-5,8-9,16,18,23,26,39-40H,6-7,10-15,19H2,1-3H3,(H,32,38)/t23-,26?/m1/s1. The van der Waals surface area contributed by atoms with Gasteiger partial charge in [0.25, 0.3) is 5.91 Å². The number of alkyl carbamates (subject to hydrolysis) is 1. The van der Waals surface area contributed by atoms with Crippen molar-refractivity contribution in [2.75, 3.05) is 39.3 Å². The van der Waals surface area contributed by atoms with E-state index in [1.54, 1.807) is 28.9 Å². The number of hydrogen-bond acceptors (Lipinski definition) is 9. The van der Waals surface area contributed by atoms with Crippen molar-refractivity contribution in [3.63, 3.8) is 0 Å². The highest BCUT2D eigenvalue weighted by molar-refractivity contribution is 6.43. The Morgan fingerprint density at radius 3 is 2.60 bits per heavy atom. The molecule has 2 aliphatic heterocycles. The average Bonchev–Trinajstić information content (AvgIpc) is 3.61. The van der Waals surface area contributed by atoms with Gasteiger partial charge in [0, 0.05) is 50.6 Å². The molecule has 1 unspecified atom stereocenters. The first-order chi connectivity index (χ1) is 20.0. The molecule has 2 atom stereocenters. The molecule has 3 heterocycles. The molecule has 0 radical (unpaired) electrons. The third-order valence-electron chi connectivity index (χ3n) is 8.10. The predicted octanol–water partition coefficient (Wildman–Crippen LogP) is 1.47. The van der Waals surface area contributed by atoms with Gasteiger partial charge >= 0.3 is 13.2 Å². The monoisotopic (exact) mass is 579 g/mol. The van der Waals surface area contributed by atoms with Gasteiger partial charge in [0.15, 0.2) is 0 Å². The Kier molecular flexibility index (Phi) is 9.93. The Morgan fingerprint density at radius 1 is 1.21 bits per heavy atom. The van der Waals surface area contributed by atoms with E-state index in [1.165, 1.54) is 6.26 Å². The number of nitrogens with zero attached hydrogens (tertiary/aromatic N) is 4. The van der Waals surface area contributed by atoms with E-state index in [-0.39, 0.29) is 24.5 Å². The van der Waals surface area contributed by atoms with Crippen molar-refractivity contribution in [3.05, 3.63) is 47.7 Å². The summed E-state index contributed by atoms with van der Waals surface area (Å²) < 4.78 is 10.9. The van der Waals surface area contributed by atoms with Crippen LogP contribution in [0.3, 0.4) is 0 Å². The number of carbonyl (C=O) groups excluding carboxylic acids is 3. The number of nitrogens with one attached hydrogen (secondary N) is 1. The molecule has 2 aliphatic rings. The van der Waals surface area contributed by atoms with Crippen LogP contribution in [0.2, 0.25) is 0 Å². The molecule has 12 nitrogen and oxygen atoms in total. The summed E-state index contributed by atoms with van der Waals surface area (Å²) in [6, 6.07) is 8.95. The highest BCUT2D eigenvalue weighted by atomic mass is 16.5. The summed E-state index contributed by atoms with van der Waals surface area (Å²) in [6.07, 6.45) is 3.75. The number of piperazine rings is 1. The highest BCUT2D eigenvalue weighted by Gasteiger charge is 2.35. The summed E-state index contributed by atoms with van der Waals surface area (Å²) in [5, 5.41) is 32.9. The zero-order chi connectivity index (χ0) is 30.4. The minimum absolute atomic E-state index is 0.0150. The minimum atomic E-state index is -1.84. The molecule has 0 aliphatic carbocycles. The number of nitriles is 1. The summed E-state index contributed by atoms with van der Waals surface area (Å²) in [4.78, 5) is 43.2. The first kappa shape index (κ1) is 31.1. The van der Waals surface area contributed by atoms with Gasteiger partial charge in [-0.15, -0.1) is 0 Å². The van der Waals surface area contributed by atoms with Crippen molar-refractivity contribution in [2.24, 2.45) is 0 Å². The molecule has 3 amide bonds. The maximum absolute atomic E-state index is 13.4. The van der Waals surface area contributed by atoms with Gasteiger partial charge in [-0.25, -0.2) is 4.79 Å². The molecule has 13 heteroatoms. The first-order valence-corrected chi connectivity index (χ1v) is 14.2. The van der Waals surface area contributed by atoms with Gasteiger partial charge in [-0.05, 0) is 50.8 Å². The quantitative estimate of drug-likeness (QED) is 0.227. The second-order valence-corrected chi connectivity index (χ2v) is 11.3. The first-order valence-electron chi connectivity index (χ1n) is 14.2. The van der Waals surface area contributed by atoms with Crippen LogP contribution in [0.15, 0.2) is 46.6 Å². The molecule has 0 saturated carbocycles. The number of benzene rings is 1. The fourth-order valence-corrected chi connectivity index (χ4v) is 5.64. The van der Waals surface area contributed by atoms with Crippen molar-refractivity contribution in [1.29, 1.82) is 5.26 Å². The van der Waals surface area contributed by atoms with E-state index in [0.717, 1.165) is 5.39 Å². The molecule has 2 fully saturated rings. The summed E-state index contributed by atoms with van der Waals surface area (Å²) >= 11 is 0. The van der Waals surface area contributed by atoms with Crippen LogP contribution < -0.4 is 5.32 Å². The smallest absolute Gasteiger partial charge is 0.464 e. The van der Waals surface area contributed by atoms with Crippen LogP contribution in [0.5, 0.6) is 0 Å². The van der Waals surface area contributed by atoms with Crippen LogP contribution in [0.4, 0.5) is 4.79 Å². The topological polar surface area (TPSA) is 160 Å². The second kappa shape index (κ2) is 13.4. The van der Waals surface area contributed by atoms with Gasteiger partial charge in [-0.1, -0.05) is 18.2 Å². The van der Waals surface area contributed by atoms with Crippen LogP contribution in [-0.2, 0) is 20.7 Å². The Labute approximate surface area is 245 Å². The van der Waals surface area contributed by atoms with Crippen LogP contribution in [0.25, 0.3) is 11.0 Å². The Hall–Kier alpha value is -3.86. The van der Waals surface area contributed by atoms with E-state index < -0.39 is 36.6 Å². The number of rotatable bonds is 9. The second-order valence-electron chi connectivity index (χ2n) is 11.3. The Balaban J connectivity index is 1.34. The maximum Gasteiger partial charge on any atom is 0.475 e. The van der Waals surface area contributed by atoms with Crippen LogP contribution >= 0.6 is 0 Å². The van der Waals surface area contributed by atoms with Crippen molar-refractivity contribution in [1.82, 2.24) is 20.0 Å². The lowest BCUT2D eigenvalue weighted by Gasteiger charge is -2.42. The SMILES string of the molecule is CC(=O)N1CCN(C(C)(C)C=C(C#N)C(=O)N2CCC[C@@H]2COC(=O)NC(Cc2coc3ccccc23)B(O)O)CC1. The number of hydrogen-bond donors (Lipinski definition) is 3.